The van der Waals surface area contributed by atoms with Crippen molar-refractivity contribution in [1.29, 1.82) is 0 Å². The van der Waals surface area contributed by atoms with Crippen LogP contribution >= 0.6 is 0 Å². The first-order chi connectivity index (χ1) is 10.7. The van der Waals surface area contributed by atoms with Crippen LogP contribution < -0.4 is 0 Å². The summed E-state index contributed by atoms with van der Waals surface area (Å²) in [6.07, 6.45) is 6.80. The fraction of sp³-hybridized carbons (Fsp3) is 0.900. The molecule has 0 aliphatic heterocycles. The summed E-state index contributed by atoms with van der Waals surface area (Å²) in [4.78, 5) is 25.1. The minimum absolute atomic E-state index is 0.0175. The molecule has 128 valence electrons. The zero-order chi connectivity index (χ0) is 16.6. The Morgan fingerprint density at radius 2 is 1.78 bits per heavy atom. The number of ketones is 2. The lowest BCUT2D eigenvalue weighted by atomic mass is 9.44. The molecule has 0 bridgehead atoms. The van der Waals surface area contributed by atoms with Crippen LogP contribution in [0.1, 0.15) is 72.1 Å². The third kappa shape index (κ3) is 1.92. The van der Waals surface area contributed by atoms with E-state index in [0.29, 0.717) is 48.6 Å². The van der Waals surface area contributed by atoms with E-state index in [0.717, 1.165) is 32.1 Å². The van der Waals surface area contributed by atoms with E-state index >= 15 is 0 Å². The Morgan fingerprint density at radius 3 is 2.52 bits per heavy atom. The summed E-state index contributed by atoms with van der Waals surface area (Å²) in [5.74, 6) is 2.18. The van der Waals surface area contributed by atoms with Crippen molar-refractivity contribution >= 4 is 11.6 Å². The van der Waals surface area contributed by atoms with Crippen LogP contribution in [0.15, 0.2) is 0 Å². The van der Waals surface area contributed by atoms with Crippen LogP contribution in [0.25, 0.3) is 0 Å². The molecule has 4 aliphatic rings. The summed E-state index contributed by atoms with van der Waals surface area (Å²) in [6.45, 7) is 6.37. The molecule has 4 fully saturated rings. The monoisotopic (exact) mass is 318 g/mol. The molecule has 4 rings (SSSR count). The number of carbonyl (C=O) groups is 2. The first-order valence-corrected chi connectivity index (χ1v) is 9.46. The van der Waals surface area contributed by atoms with Crippen molar-refractivity contribution in [2.75, 3.05) is 0 Å². The Kier molecular flexibility index (Phi) is 3.22. The van der Waals surface area contributed by atoms with Crippen molar-refractivity contribution in [3.63, 3.8) is 0 Å². The summed E-state index contributed by atoms with van der Waals surface area (Å²) < 4.78 is 0. The molecule has 7 atom stereocenters. The highest BCUT2D eigenvalue weighted by Crippen LogP contribution is 2.66. The molecule has 0 aromatic rings. The average molecular weight is 318 g/mol. The Bertz CT molecular complexity index is 565. The van der Waals surface area contributed by atoms with Crippen LogP contribution in [0.5, 0.6) is 0 Å². The Hall–Kier alpha value is -0.700. The highest BCUT2D eigenvalue weighted by Gasteiger charge is 2.65. The van der Waals surface area contributed by atoms with Gasteiger partial charge in [-0.1, -0.05) is 13.8 Å². The quantitative estimate of drug-likeness (QED) is 0.743. The molecular weight excluding hydrogens is 288 g/mol. The summed E-state index contributed by atoms with van der Waals surface area (Å²) in [5, 5.41) is 10.9. The van der Waals surface area contributed by atoms with Gasteiger partial charge >= 0.3 is 0 Å². The molecule has 0 heterocycles. The number of rotatable bonds is 0. The van der Waals surface area contributed by atoms with Crippen molar-refractivity contribution in [2.24, 2.45) is 34.5 Å². The van der Waals surface area contributed by atoms with Crippen LogP contribution in [0.2, 0.25) is 0 Å². The molecule has 0 unspecified atom stereocenters. The number of carbonyl (C=O) groups excluding carboxylic acids is 2. The van der Waals surface area contributed by atoms with Crippen LogP contribution in [0.4, 0.5) is 0 Å². The van der Waals surface area contributed by atoms with Gasteiger partial charge in [-0.2, -0.15) is 0 Å². The molecule has 3 heteroatoms. The maximum atomic E-state index is 13.2. The van der Waals surface area contributed by atoms with Gasteiger partial charge in [0.15, 0.2) is 0 Å². The second kappa shape index (κ2) is 4.68. The van der Waals surface area contributed by atoms with Gasteiger partial charge in [0, 0.05) is 30.6 Å². The van der Waals surface area contributed by atoms with E-state index in [1.807, 2.05) is 6.92 Å². The molecule has 0 aromatic carbocycles. The van der Waals surface area contributed by atoms with E-state index in [4.69, 9.17) is 0 Å². The molecular formula is C20H30O3. The summed E-state index contributed by atoms with van der Waals surface area (Å²) in [5.41, 5.74) is -0.943. The molecule has 4 aliphatic carbocycles. The van der Waals surface area contributed by atoms with Gasteiger partial charge in [0.05, 0.1) is 5.60 Å². The van der Waals surface area contributed by atoms with Gasteiger partial charge in [-0.3, -0.25) is 9.59 Å². The molecule has 0 spiro atoms. The third-order valence-corrected chi connectivity index (χ3v) is 8.73. The second-order valence-corrected chi connectivity index (χ2v) is 9.64. The van der Waals surface area contributed by atoms with Crippen molar-refractivity contribution in [1.82, 2.24) is 0 Å². The van der Waals surface area contributed by atoms with Crippen LogP contribution in [0, 0.1) is 34.5 Å². The third-order valence-electron chi connectivity index (χ3n) is 8.73. The van der Waals surface area contributed by atoms with Gasteiger partial charge in [-0.25, -0.2) is 0 Å². The van der Waals surface area contributed by atoms with Gasteiger partial charge in [-0.15, -0.1) is 0 Å². The predicted octanol–water partition coefficient (Wildman–Crippen LogP) is 3.53. The van der Waals surface area contributed by atoms with E-state index in [-0.39, 0.29) is 16.7 Å². The lowest BCUT2D eigenvalue weighted by molar-refractivity contribution is -0.170. The molecule has 0 amide bonds. The number of hydrogen-bond acceptors (Lipinski definition) is 3. The minimum Gasteiger partial charge on any atom is -0.390 e. The van der Waals surface area contributed by atoms with Gasteiger partial charge in [0.1, 0.15) is 11.6 Å². The lowest BCUT2D eigenvalue weighted by Crippen LogP contribution is -2.59. The van der Waals surface area contributed by atoms with Crippen LogP contribution in [-0.4, -0.2) is 22.3 Å². The topological polar surface area (TPSA) is 54.4 Å². The lowest BCUT2D eigenvalue weighted by Gasteiger charge is -2.59. The molecule has 23 heavy (non-hydrogen) atoms. The molecule has 3 nitrogen and oxygen atoms in total. The van der Waals surface area contributed by atoms with E-state index in [9.17, 15) is 14.7 Å². The summed E-state index contributed by atoms with van der Waals surface area (Å²) >= 11 is 0. The summed E-state index contributed by atoms with van der Waals surface area (Å²) in [6, 6.07) is 0. The first-order valence-electron chi connectivity index (χ1n) is 9.46. The highest BCUT2D eigenvalue weighted by atomic mass is 16.3. The zero-order valence-electron chi connectivity index (χ0n) is 14.7. The Labute approximate surface area is 139 Å². The molecule has 4 saturated carbocycles. The van der Waals surface area contributed by atoms with Crippen molar-refractivity contribution in [3.05, 3.63) is 0 Å². The average Bonchev–Trinajstić information content (AvgIpc) is 2.69. The normalized spacial score (nSPS) is 56.0. The van der Waals surface area contributed by atoms with Gasteiger partial charge in [0.2, 0.25) is 0 Å². The van der Waals surface area contributed by atoms with E-state index < -0.39 is 5.60 Å². The van der Waals surface area contributed by atoms with Crippen LogP contribution in [-0.2, 0) is 9.59 Å². The minimum atomic E-state index is -0.710. The second-order valence-electron chi connectivity index (χ2n) is 9.64. The maximum Gasteiger partial charge on any atom is 0.137 e. The number of aliphatic hydroxyl groups is 1. The predicted molar refractivity (Wildman–Crippen MR) is 87.7 cm³/mol. The van der Waals surface area contributed by atoms with E-state index in [1.165, 1.54) is 0 Å². The molecule has 0 aromatic heterocycles. The Morgan fingerprint density at radius 1 is 1.04 bits per heavy atom. The smallest absolute Gasteiger partial charge is 0.137 e. The number of fused-ring (bicyclic) bond motifs is 5. The van der Waals surface area contributed by atoms with Gasteiger partial charge < -0.3 is 5.11 Å². The van der Waals surface area contributed by atoms with E-state index in [2.05, 4.69) is 13.8 Å². The standard InChI is InChI=1S/C20H30O3/c1-18-8-6-13(21)10-12(18)4-5-14-15-7-9-20(3,23)19(15,2)11-16(22)17(14)18/h12,14-15,17,23H,4-11H2,1-3H3/t12-,14-,15-,17+,18-,19+,20-/m0/s1. The van der Waals surface area contributed by atoms with Crippen LogP contribution in [0.3, 0.4) is 0 Å². The molecule has 0 radical (unpaired) electrons. The summed E-state index contributed by atoms with van der Waals surface area (Å²) in [7, 11) is 0. The Balaban J connectivity index is 1.72. The number of hydrogen-bond donors (Lipinski definition) is 1. The van der Waals surface area contributed by atoms with Gasteiger partial charge in [-0.05, 0) is 62.2 Å². The van der Waals surface area contributed by atoms with Crippen molar-refractivity contribution < 1.29 is 14.7 Å². The molecule has 0 saturated heterocycles. The molecule has 1 N–H and O–H groups in total. The zero-order valence-corrected chi connectivity index (χ0v) is 14.7. The SMILES string of the molecule is C[C@]12CCC(=O)C[C@@H]1CC[C@@H]1[C@@H]2C(=O)C[C@]2(C)[C@H]1CC[C@]2(C)O. The van der Waals surface area contributed by atoms with Crippen molar-refractivity contribution in [3.8, 4) is 0 Å². The maximum absolute atomic E-state index is 13.2. The van der Waals surface area contributed by atoms with E-state index in [1.54, 1.807) is 0 Å². The van der Waals surface area contributed by atoms with Crippen molar-refractivity contribution in [2.45, 2.75) is 77.7 Å². The first kappa shape index (κ1) is 15.8. The largest absolute Gasteiger partial charge is 0.390 e. The number of Topliss-reactive ketones (excluding diaryl/α,β-unsaturated/α-hetero) is 2. The highest BCUT2D eigenvalue weighted by molar-refractivity contribution is 5.86. The fourth-order valence-corrected chi connectivity index (χ4v) is 7.07. The van der Waals surface area contributed by atoms with Gasteiger partial charge in [0.25, 0.3) is 0 Å². The fourth-order valence-electron chi connectivity index (χ4n) is 7.07.